The number of hydrogen-bond donors (Lipinski definition) is 0. The van der Waals surface area contributed by atoms with E-state index in [-0.39, 0.29) is 17.3 Å². The van der Waals surface area contributed by atoms with E-state index in [1.165, 1.54) is 6.92 Å². The van der Waals surface area contributed by atoms with Crippen LogP contribution in [0.1, 0.15) is 13.3 Å². The number of thioether (sulfide) groups is 1. The van der Waals surface area contributed by atoms with E-state index in [4.69, 9.17) is 0 Å². The molecule has 0 spiro atoms. The second kappa shape index (κ2) is 7.09. The molecule has 0 heterocycles. The van der Waals surface area contributed by atoms with Gasteiger partial charge in [0.15, 0.2) is 17.5 Å². The summed E-state index contributed by atoms with van der Waals surface area (Å²) in [6.45, 7) is -0.230. The van der Waals surface area contributed by atoms with E-state index in [1.807, 2.05) is 0 Å². The molecule has 3 atom stereocenters. The van der Waals surface area contributed by atoms with Crippen LogP contribution >= 0.6 is 11.8 Å². The van der Waals surface area contributed by atoms with Gasteiger partial charge in [-0.05, 0) is 6.42 Å². The minimum atomic E-state index is -2.44. The maximum Gasteiger partial charge on any atom is 0.185 e. The number of halogens is 4. The van der Waals surface area contributed by atoms with Crippen molar-refractivity contribution >= 4 is 16.9 Å². The van der Waals surface area contributed by atoms with Gasteiger partial charge in [0.25, 0.3) is 0 Å². The fourth-order valence-electron chi connectivity index (χ4n) is 0.786. The molecular weight excluding hydrogens is 220 g/mol. The molecule has 0 rings (SSSR count). The van der Waals surface area contributed by atoms with Crippen LogP contribution in [0, 0.1) is 0 Å². The minimum absolute atomic E-state index is 0.0793. The number of hydrogen-bond acceptors (Lipinski definition) is 2. The molecule has 3 unspecified atom stereocenters. The predicted octanol–water partition coefficient (Wildman–Crippen LogP) is 2.64. The highest BCUT2D eigenvalue weighted by atomic mass is 32.2. The Kier molecular flexibility index (Phi) is 6.96. The summed E-state index contributed by atoms with van der Waals surface area (Å²) in [7, 11) is 0. The molecule has 0 amide bonds. The first-order chi connectivity index (χ1) is 6.49. The Labute approximate surface area is 84.2 Å². The van der Waals surface area contributed by atoms with Gasteiger partial charge in [-0.25, -0.2) is 17.6 Å². The van der Waals surface area contributed by atoms with Crippen LogP contribution in [0.25, 0.3) is 0 Å². The summed E-state index contributed by atoms with van der Waals surface area (Å²) in [6.07, 6.45) is -7.18. The molecule has 1 nitrogen and oxygen atoms in total. The monoisotopic (exact) mass is 232 g/mol. The van der Waals surface area contributed by atoms with Crippen molar-refractivity contribution in [3.8, 4) is 0 Å². The van der Waals surface area contributed by atoms with E-state index in [0.717, 1.165) is 11.8 Å². The van der Waals surface area contributed by atoms with Crippen LogP contribution in [0.2, 0.25) is 0 Å². The summed E-state index contributed by atoms with van der Waals surface area (Å²) in [6, 6.07) is 0. The molecule has 84 valence electrons. The summed E-state index contributed by atoms with van der Waals surface area (Å²) < 4.78 is 49.3. The third-order valence-electron chi connectivity index (χ3n) is 1.54. The van der Waals surface area contributed by atoms with Crippen molar-refractivity contribution in [1.29, 1.82) is 0 Å². The van der Waals surface area contributed by atoms with Gasteiger partial charge in [-0.3, -0.25) is 4.79 Å². The summed E-state index contributed by atoms with van der Waals surface area (Å²) >= 11 is 0.835. The van der Waals surface area contributed by atoms with Crippen molar-refractivity contribution < 1.29 is 22.4 Å². The van der Waals surface area contributed by atoms with Gasteiger partial charge >= 0.3 is 0 Å². The van der Waals surface area contributed by atoms with Crippen LogP contribution in [0.3, 0.4) is 0 Å². The lowest BCUT2D eigenvalue weighted by Crippen LogP contribution is -2.30. The molecule has 0 bridgehead atoms. The van der Waals surface area contributed by atoms with Crippen LogP contribution < -0.4 is 0 Å². The SMILES string of the molecule is CC(=O)SCCC(F)C(F)C(F)CF. The van der Waals surface area contributed by atoms with Crippen LogP contribution in [-0.4, -0.2) is 36.1 Å². The first-order valence-corrected chi connectivity index (χ1v) is 5.09. The third kappa shape index (κ3) is 5.47. The van der Waals surface area contributed by atoms with Crippen molar-refractivity contribution in [2.45, 2.75) is 31.9 Å². The summed E-state index contributed by atoms with van der Waals surface area (Å²) in [5, 5.41) is -0.213. The lowest BCUT2D eigenvalue weighted by atomic mass is 10.1. The van der Waals surface area contributed by atoms with Gasteiger partial charge in [0.1, 0.15) is 12.8 Å². The van der Waals surface area contributed by atoms with E-state index >= 15 is 0 Å². The molecule has 0 aromatic carbocycles. The lowest BCUT2D eigenvalue weighted by Gasteiger charge is -2.14. The van der Waals surface area contributed by atoms with Crippen molar-refractivity contribution in [1.82, 2.24) is 0 Å². The molecule has 6 heteroatoms. The number of carbonyl (C=O) groups is 1. The Morgan fingerprint density at radius 1 is 1.29 bits per heavy atom. The van der Waals surface area contributed by atoms with Gasteiger partial charge in [-0.15, -0.1) is 0 Å². The Hall–Kier alpha value is -0.260. The average Bonchev–Trinajstić information content (AvgIpc) is 2.14. The maximum absolute atomic E-state index is 12.8. The largest absolute Gasteiger partial charge is 0.288 e. The zero-order valence-corrected chi connectivity index (χ0v) is 8.50. The molecule has 0 aliphatic heterocycles. The van der Waals surface area contributed by atoms with Crippen LogP contribution in [0.15, 0.2) is 0 Å². The Morgan fingerprint density at radius 2 is 1.86 bits per heavy atom. The highest BCUT2D eigenvalue weighted by Crippen LogP contribution is 2.18. The Balaban J connectivity index is 3.72. The standard InChI is InChI=1S/C8H12F4OS/c1-5(13)14-3-2-6(10)8(12)7(11)4-9/h6-8H,2-4H2,1H3. The molecule has 0 aromatic rings. The zero-order chi connectivity index (χ0) is 11.1. The van der Waals surface area contributed by atoms with Gasteiger partial charge in [-0.2, -0.15) is 0 Å². The second-order valence-electron chi connectivity index (χ2n) is 2.76. The minimum Gasteiger partial charge on any atom is -0.288 e. The fourth-order valence-corrected chi connectivity index (χ4v) is 1.42. The molecule has 0 saturated carbocycles. The number of rotatable bonds is 6. The zero-order valence-electron chi connectivity index (χ0n) is 7.68. The second-order valence-corrected chi connectivity index (χ2v) is 4.03. The van der Waals surface area contributed by atoms with Gasteiger partial charge in [0.2, 0.25) is 0 Å². The van der Waals surface area contributed by atoms with Gasteiger partial charge < -0.3 is 0 Å². The molecular formula is C8H12F4OS. The Bertz CT molecular complexity index is 179. The van der Waals surface area contributed by atoms with E-state index in [1.54, 1.807) is 0 Å². The Morgan fingerprint density at radius 3 is 2.29 bits per heavy atom. The summed E-state index contributed by atoms with van der Waals surface area (Å²) in [5.74, 6) is 0.0793. The molecule has 14 heavy (non-hydrogen) atoms. The van der Waals surface area contributed by atoms with E-state index in [2.05, 4.69) is 0 Å². The molecule has 0 fully saturated rings. The molecule has 0 N–H and O–H groups in total. The highest BCUT2D eigenvalue weighted by molar-refractivity contribution is 8.13. The van der Waals surface area contributed by atoms with Gasteiger partial charge in [-0.1, -0.05) is 11.8 Å². The smallest absolute Gasteiger partial charge is 0.185 e. The van der Waals surface area contributed by atoms with E-state index in [9.17, 15) is 22.4 Å². The number of alkyl halides is 4. The molecule has 0 aliphatic carbocycles. The normalized spacial score (nSPS) is 17.5. The van der Waals surface area contributed by atoms with Crippen molar-refractivity contribution in [3.05, 3.63) is 0 Å². The fraction of sp³-hybridized carbons (Fsp3) is 0.875. The first-order valence-electron chi connectivity index (χ1n) is 4.10. The summed E-state index contributed by atoms with van der Waals surface area (Å²) in [5.41, 5.74) is 0. The lowest BCUT2D eigenvalue weighted by molar-refractivity contribution is -0.109. The molecule has 0 aromatic heterocycles. The van der Waals surface area contributed by atoms with Crippen LogP contribution in [0.4, 0.5) is 17.6 Å². The molecule has 0 aliphatic rings. The maximum atomic E-state index is 12.8. The highest BCUT2D eigenvalue weighted by Gasteiger charge is 2.29. The quantitative estimate of drug-likeness (QED) is 0.655. The van der Waals surface area contributed by atoms with Gasteiger partial charge in [0.05, 0.1) is 0 Å². The van der Waals surface area contributed by atoms with Crippen molar-refractivity contribution in [2.24, 2.45) is 0 Å². The van der Waals surface area contributed by atoms with Crippen molar-refractivity contribution in [2.75, 3.05) is 12.4 Å². The summed E-state index contributed by atoms with van der Waals surface area (Å²) in [4.78, 5) is 10.4. The average molecular weight is 232 g/mol. The molecule has 0 radical (unpaired) electrons. The third-order valence-corrected chi connectivity index (χ3v) is 2.38. The van der Waals surface area contributed by atoms with Crippen LogP contribution in [-0.2, 0) is 4.79 Å². The predicted molar refractivity (Wildman–Crippen MR) is 48.4 cm³/mol. The van der Waals surface area contributed by atoms with Crippen molar-refractivity contribution in [3.63, 3.8) is 0 Å². The van der Waals surface area contributed by atoms with Gasteiger partial charge in [0, 0.05) is 12.7 Å². The number of carbonyl (C=O) groups excluding carboxylic acids is 1. The van der Waals surface area contributed by atoms with E-state index < -0.39 is 25.2 Å². The first kappa shape index (κ1) is 13.7. The van der Waals surface area contributed by atoms with Crippen LogP contribution in [0.5, 0.6) is 0 Å². The molecule has 0 saturated heterocycles. The van der Waals surface area contributed by atoms with E-state index in [0.29, 0.717) is 0 Å². The topological polar surface area (TPSA) is 17.1 Å².